The van der Waals surface area contributed by atoms with E-state index < -0.39 is 5.54 Å². The highest BCUT2D eigenvalue weighted by Gasteiger charge is 2.37. The Morgan fingerprint density at radius 1 is 1.33 bits per heavy atom. The smallest absolute Gasteiger partial charge is 0.246 e. The number of amides is 2. The van der Waals surface area contributed by atoms with Gasteiger partial charge in [-0.05, 0) is 45.0 Å². The van der Waals surface area contributed by atoms with Gasteiger partial charge >= 0.3 is 0 Å². The molecule has 1 aromatic carbocycles. The maximum absolute atomic E-state index is 13.0. The zero-order valence-electron chi connectivity index (χ0n) is 15.6. The van der Waals surface area contributed by atoms with Crippen LogP contribution in [-0.4, -0.2) is 46.7 Å². The van der Waals surface area contributed by atoms with Gasteiger partial charge in [0.1, 0.15) is 5.54 Å². The number of rotatable bonds is 5. The minimum Gasteiger partial charge on any atom is -0.348 e. The van der Waals surface area contributed by atoms with Crippen molar-refractivity contribution in [1.29, 1.82) is 0 Å². The molecule has 142 valence electrons. The lowest BCUT2D eigenvalue weighted by Crippen LogP contribution is -2.63. The van der Waals surface area contributed by atoms with E-state index in [1.807, 2.05) is 31.4 Å². The SMILES string of the molecule is C=CC(=O)N1CC(NC(=O)C(C)(C)n2c(C)c(C=O)c3cc(Cl)ccc32)C1. The van der Waals surface area contributed by atoms with Gasteiger partial charge in [0, 0.05) is 34.8 Å². The molecule has 0 atom stereocenters. The van der Waals surface area contributed by atoms with Gasteiger partial charge in [-0.25, -0.2) is 0 Å². The molecule has 0 bridgehead atoms. The molecule has 1 aliphatic rings. The molecule has 1 aromatic heterocycles. The van der Waals surface area contributed by atoms with Gasteiger partial charge in [0.15, 0.2) is 6.29 Å². The van der Waals surface area contributed by atoms with Crippen LogP contribution >= 0.6 is 11.6 Å². The number of carbonyl (C=O) groups is 3. The predicted molar refractivity (Wildman–Crippen MR) is 105 cm³/mol. The lowest BCUT2D eigenvalue weighted by atomic mass is 10.0. The molecule has 2 aromatic rings. The van der Waals surface area contributed by atoms with Crippen molar-refractivity contribution in [3.8, 4) is 0 Å². The summed E-state index contributed by atoms with van der Waals surface area (Å²) in [6.07, 6.45) is 2.06. The van der Waals surface area contributed by atoms with E-state index in [9.17, 15) is 14.4 Å². The zero-order chi connectivity index (χ0) is 19.9. The molecule has 3 rings (SSSR count). The van der Waals surface area contributed by atoms with Crippen molar-refractivity contribution in [3.05, 3.63) is 47.1 Å². The van der Waals surface area contributed by atoms with Gasteiger partial charge in [0.2, 0.25) is 11.8 Å². The summed E-state index contributed by atoms with van der Waals surface area (Å²) in [5, 5.41) is 4.25. The highest BCUT2D eigenvalue weighted by molar-refractivity contribution is 6.31. The van der Waals surface area contributed by atoms with Crippen molar-refractivity contribution in [2.45, 2.75) is 32.4 Å². The molecule has 6 nitrogen and oxygen atoms in total. The zero-order valence-corrected chi connectivity index (χ0v) is 16.3. The summed E-state index contributed by atoms with van der Waals surface area (Å²) < 4.78 is 1.86. The Bertz CT molecular complexity index is 955. The van der Waals surface area contributed by atoms with Crippen molar-refractivity contribution in [3.63, 3.8) is 0 Å². The van der Waals surface area contributed by atoms with E-state index in [0.29, 0.717) is 29.4 Å². The Morgan fingerprint density at radius 3 is 2.59 bits per heavy atom. The van der Waals surface area contributed by atoms with E-state index in [2.05, 4.69) is 11.9 Å². The molecular formula is C20H22ClN3O3. The lowest BCUT2D eigenvalue weighted by Gasteiger charge is -2.40. The Morgan fingerprint density at radius 2 is 2.00 bits per heavy atom. The van der Waals surface area contributed by atoms with E-state index in [4.69, 9.17) is 11.6 Å². The second-order valence-corrected chi connectivity index (χ2v) is 7.73. The molecule has 2 amide bonds. The quantitative estimate of drug-likeness (QED) is 0.633. The third-order valence-corrected chi connectivity index (χ3v) is 5.39. The number of benzene rings is 1. The summed E-state index contributed by atoms with van der Waals surface area (Å²) in [7, 11) is 0. The minimum atomic E-state index is -0.930. The van der Waals surface area contributed by atoms with Crippen LogP contribution in [-0.2, 0) is 15.1 Å². The van der Waals surface area contributed by atoms with Crippen molar-refractivity contribution in [2.24, 2.45) is 0 Å². The predicted octanol–water partition coefficient (Wildman–Crippen LogP) is 2.66. The first-order chi connectivity index (χ1) is 12.7. The standard InChI is InChI=1S/C20H22ClN3O3/c1-5-18(26)23-9-14(10-23)22-19(27)20(3,4)24-12(2)16(11-25)15-8-13(21)6-7-17(15)24/h5-8,11,14H,1,9-10H2,2-4H3,(H,22,27). The normalized spacial score (nSPS) is 14.7. The Hall–Kier alpha value is -2.60. The number of nitrogens with one attached hydrogen (secondary N) is 1. The number of aldehydes is 1. The van der Waals surface area contributed by atoms with Crippen LogP contribution in [0, 0.1) is 6.92 Å². The van der Waals surface area contributed by atoms with Gasteiger partial charge in [0.05, 0.1) is 11.6 Å². The molecule has 0 unspecified atom stereocenters. The summed E-state index contributed by atoms with van der Waals surface area (Å²) in [4.78, 5) is 37.8. The molecule has 0 spiro atoms. The lowest BCUT2D eigenvalue weighted by molar-refractivity contribution is -0.136. The highest BCUT2D eigenvalue weighted by atomic mass is 35.5. The van der Waals surface area contributed by atoms with E-state index in [1.165, 1.54) is 6.08 Å². The molecule has 27 heavy (non-hydrogen) atoms. The van der Waals surface area contributed by atoms with Crippen LogP contribution < -0.4 is 5.32 Å². The van der Waals surface area contributed by atoms with Crippen LogP contribution in [0.4, 0.5) is 0 Å². The number of nitrogens with zero attached hydrogens (tertiary/aromatic N) is 2. The largest absolute Gasteiger partial charge is 0.348 e. The third kappa shape index (κ3) is 3.14. The number of hydrogen-bond acceptors (Lipinski definition) is 3. The average Bonchev–Trinajstić information content (AvgIpc) is 2.87. The number of fused-ring (bicyclic) bond motifs is 1. The molecule has 1 saturated heterocycles. The third-order valence-electron chi connectivity index (χ3n) is 5.15. The highest BCUT2D eigenvalue weighted by Crippen LogP contribution is 2.33. The molecule has 1 N–H and O–H groups in total. The van der Waals surface area contributed by atoms with Crippen molar-refractivity contribution >= 4 is 40.6 Å². The van der Waals surface area contributed by atoms with Crippen LogP contribution in [0.15, 0.2) is 30.9 Å². The summed E-state index contributed by atoms with van der Waals surface area (Å²) in [5.74, 6) is -0.315. The fourth-order valence-corrected chi connectivity index (χ4v) is 3.80. The maximum Gasteiger partial charge on any atom is 0.246 e. The molecule has 2 heterocycles. The number of hydrogen-bond donors (Lipinski definition) is 1. The van der Waals surface area contributed by atoms with Crippen LogP contribution in [0.1, 0.15) is 29.9 Å². The first kappa shape index (κ1) is 19.2. The fraction of sp³-hybridized carbons (Fsp3) is 0.350. The summed E-state index contributed by atoms with van der Waals surface area (Å²) in [5.41, 5.74) is 1.08. The molecule has 1 aliphatic heterocycles. The summed E-state index contributed by atoms with van der Waals surface area (Å²) >= 11 is 6.09. The van der Waals surface area contributed by atoms with Crippen molar-refractivity contribution in [1.82, 2.24) is 14.8 Å². The van der Waals surface area contributed by atoms with E-state index >= 15 is 0 Å². The monoisotopic (exact) mass is 387 g/mol. The van der Waals surface area contributed by atoms with Crippen molar-refractivity contribution in [2.75, 3.05) is 13.1 Å². The van der Waals surface area contributed by atoms with Crippen LogP contribution in [0.5, 0.6) is 0 Å². The van der Waals surface area contributed by atoms with Gasteiger partial charge in [-0.3, -0.25) is 14.4 Å². The molecule has 7 heteroatoms. The summed E-state index contributed by atoms with van der Waals surface area (Å²) in [6, 6.07) is 5.21. The first-order valence-electron chi connectivity index (χ1n) is 8.69. The van der Waals surface area contributed by atoms with E-state index in [1.54, 1.807) is 17.0 Å². The number of carbonyl (C=O) groups excluding carboxylic acids is 3. The van der Waals surface area contributed by atoms with Crippen LogP contribution in [0.25, 0.3) is 10.9 Å². The first-order valence-corrected chi connectivity index (χ1v) is 9.07. The van der Waals surface area contributed by atoms with Gasteiger partial charge in [-0.15, -0.1) is 0 Å². The number of likely N-dealkylation sites (tertiary alicyclic amines) is 1. The van der Waals surface area contributed by atoms with Gasteiger partial charge < -0.3 is 14.8 Å². The second kappa shape index (κ2) is 6.85. The van der Waals surface area contributed by atoms with Crippen LogP contribution in [0.3, 0.4) is 0 Å². The topological polar surface area (TPSA) is 71.4 Å². The number of aromatic nitrogens is 1. The molecule has 0 saturated carbocycles. The Balaban J connectivity index is 1.90. The Kier molecular flexibility index (Phi) is 4.86. The van der Waals surface area contributed by atoms with Gasteiger partial charge in [-0.1, -0.05) is 18.2 Å². The average molecular weight is 388 g/mol. The minimum absolute atomic E-state index is 0.0946. The molecule has 0 radical (unpaired) electrons. The number of halogens is 1. The second-order valence-electron chi connectivity index (χ2n) is 7.29. The molecule has 1 fully saturated rings. The fourth-order valence-electron chi connectivity index (χ4n) is 3.63. The van der Waals surface area contributed by atoms with E-state index in [0.717, 1.165) is 17.2 Å². The van der Waals surface area contributed by atoms with Gasteiger partial charge in [-0.2, -0.15) is 0 Å². The van der Waals surface area contributed by atoms with Gasteiger partial charge in [0.25, 0.3) is 0 Å². The molecular weight excluding hydrogens is 366 g/mol. The van der Waals surface area contributed by atoms with E-state index in [-0.39, 0.29) is 17.9 Å². The summed E-state index contributed by atoms with van der Waals surface area (Å²) in [6.45, 7) is 9.83. The molecule has 0 aliphatic carbocycles. The van der Waals surface area contributed by atoms with Crippen LogP contribution in [0.2, 0.25) is 5.02 Å². The maximum atomic E-state index is 13.0. The van der Waals surface area contributed by atoms with Crippen molar-refractivity contribution < 1.29 is 14.4 Å². The Labute approximate surface area is 162 Å².